The molecule has 0 spiro atoms. The van der Waals surface area contributed by atoms with E-state index in [1.54, 1.807) is 0 Å². The number of rotatable bonds is 3. The molecule has 1 N–H and O–H groups in total. The zero-order valence-electron chi connectivity index (χ0n) is 9.27. The van der Waals surface area contributed by atoms with Crippen molar-refractivity contribution in [3.8, 4) is 0 Å². The van der Waals surface area contributed by atoms with Crippen molar-refractivity contribution < 1.29 is 12.8 Å². The van der Waals surface area contributed by atoms with E-state index in [0.29, 0.717) is 0 Å². The Morgan fingerprint density at radius 1 is 1.11 bits per heavy atom. The molecule has 0 saturated carbocycles. The van der Waals surface area contributed by atoms with Crippen LogP contribution in [-0.4, -0.2) is 13.4 Å². The van der Waals surface area contributed by atoms with Crippen molar-refractivity contribution in [2.75, 3.05) is 4.72 Å². The van der Waals surface area contributed by atoms with Crippen LogP contribution in [0.2, 0.25) is 10.0 Å². The second-order valence-electron chi connectivity index (χ2n) is 3.54. The third kappa shape index (κ3) is 3.34. The van der Waals surface area contributed by atoms with Gasteiger partial charge in [0.1, 0.15) is 11.6 Å². The summed E-state index contributed by atoms with van der Waals surface area (Å²) in [6.07, 6.45) is 0.909. The number of sulfonamides is 1. The van der Waals surface area contributed by atoms with E-state index >= 15 is 0 Å². The van der Waals surface area contributed by atoms with Crippen molar-refractivity contribution in [3.05, 3.63) is 52.4 Å². The molecule has 0 aliphatic carbocycles. The third-order valence-electron chi connectivity index (χ3n) is 2.17. The van der Waals surface area contributed by atoms with Crippen LogP contribution >= 0.6 is 23.2 Å². The molecule has 2 rings (SSSR count). The van der Waals surface area contributed by atoms with Gasteiger partial charge in [0.15, 0.2) is 0 Å². The third-order valence-corrected chi connectivity index (χ3v) is 4.26. The first-order valence-corrected chi connectivity index (χ1v) is 7.22. The summed E-state index contributed by atoms with van der Waals surface area (Å²) in [5.74, 6) is -0.551. The Bertz CT molecular complexity index is 705. The van der Waals surface area contributed by atoms with Crippen LogP contribution < -0.4 is 4.72 Å². The molecule has 19 heavy (non-hydrogen) atoms. The molecular formula is C11H7Cl2FN2O2S. The van der Waals surface area contributed by atoms with Gasteiger partial charge in [0.2, 0.25) is 0 Å². The summed E-state index contributed by atoms with van der Waals surface area (Å²) in [5, 5.41) is 0.372. The van der Waals surface area contributed by atoms with Crippen LogP contribution in [0.25, 0.3) is 0 Å². The van der Waals surface area contributed by atoms with E-state index < -0.39 is 15.8 Å². The van der Waals surface area contributed by atoms with Gasteiger partial charge in [-0.05, 0) is 30.3 Å². The lowest BCUT2D eigenvalue weighted by Gasteiger charge is -2.07. The zero-order chi connectivity index (χ0) is 14.0. The second kappa shape index (κ2) is 5.32. The van der Waals surface area contributed by atoms with Crippen LogP contribution in [0.5, 0.6) is 0 Å². The fraction of sp³-hybridized carbons (Fsp3) is 0. The number of nitrogens with one attached hydrogen (secondary N) is 1. The maximum absolute atomic E-state index is 12.7. The minimum Gasteiger partial charge on any atom is -0.263 e. The number of aromatic nitrogens is 1. The van der Waals surface area contributed by atoms with Gasteiger partial charge in [0.25, 0.3) is 10.0 Å². The summed E-state index contributed by atoms with van der Waals surface area (Å²) in [6.45, 7) is 0. The summed E-state index contributed by atoms with van der Waals surface area (Å²) < 4.78 is 38.9. The molecule has 0 saturated heterocycles. The molecule has 0 radical (unpaired) electrons. The molecule has 8 heteroatoms. The van der Waals surface area contributed by atoms with E-state index in [0.717, 1.165) is 12.3 Å². The molecule has 0 aliphatic heterocycles. The summed E-state index contributed by atoms with van der Waals surface area (Å²) in [7, 11) is -3.84. The van der Waals surface area contributed by atoms with Crippen LogP contribution in [0, 0.1) is 5.82 Å². The van der Waals surface area contributed by atoms with Gasteiger partial charge in [-0.25, -0.2) is 17.8 Å². The summed E-state index contributed by atoms with van der Waals surface area (Å²) in [5.41, 5.74) is 0. The Morgan fingerprint density at radius 3 is 2.42 bits per heavy atom. The lowest BCUT2D eigenvalue weighted by atomic mass is 10.4. The minimum absolute atomic E-state index is 0.00692. The van der Waals surface area contributed by atoms with Gasteiger partial charge in [0, 0.05) is 0 Å². The molecule has 0 aliphatic rings. The molecule has 100 valence electrons. The van der Waals surface area contributed by atoms with Crippen molar-refractivity contribution in [3.63, 3.8) is 0 Å². The first-order valence-electron chi connectivity index (χ1n) is 4.98. The quantitative estimate of drug-likeness (QED) is 0.943. The summed E-state index contributed by atoms with van der Waals surface area (Å²) in [4.78, 5) is 3.54. The maximum atomic E-state index is 12.7. The number of pyridine rings is 1. The molecular weight excluding hydrogens is 314 g/mol. The largest absolute Gasteiger partial charge is 0.263 e. The van der Waals surface area contributed by atoms with Crippen LogP contribution in [0.15, 0.2) is 41.4 Å². The minimum atomic E-state index is -3.84. The molecule has 1 heterocycles. The average molecular weight is 321 g/mol. The van der Waals surface area contributed by atoms with E-state index in [1.165, 1.54) is 24.3 Å². The van der Waals surface area contributed by atoms with Crippen molar-refractivity contribution in [1.82, 2.24) is 4.98 Å². The number of benzene rings is 1. The first kappa shape index (κ1) is 14.0. The Balaban J connectivity index is 2.32. The van der Waals surface area contributed by atoms with Crippen molar-refractivity contribution in [2.24, 2.45) is 0 Å². The zero-order valence-corrected chi connectivity index (χ0v) is 11.6. The molecule has 2 aromatic rings. The average Bonchev–Trinajstić information content (AvgIpc) is 2.35. The fourth-order valence-corrected chi connectivity index (χ4v) is 2.67. The van der Waals surface area contributed by atoms with Crippen LogP contribution in [0.4, 0.5) is 10.2 Å². The van der Waals surface area contributed by atoms with Gasteiger partial charge < -0.3 is 0 Å². The van der Waals surface area contributed by atoms with Gasteiger partial charge in [-0.15, -0.1) is 0 Å². The van der Waals surface area contributed by atoms with Gasteiger partial charge in [-0.2, -0.15) is 0 Å². The van der Waals surface area contributed by atoms with E-state index in [4.69, 9.17) is 23.2 Å². The Morgan fingerprint density at radius 2 is 1.84 bits per heavy atom. The predicted molar refractivity (Wildman–Crippen MR) is 71.5 cm³/mol. The molecule has 0 unspecified atom stereocenters. The van der Waals surface area contributed by atoms with Gasteiger partial charge in [-0.3, -0.25) is 4.72 Å². The van der Waals surface area contributed by atoms with E-state index in [-0.39, 0.29) is 20.8 Å². The van der Waals surface area contributed by atoms with Crippen molar-refractivity contribution >= 4 is 39.0 Å². The topological polar surface area (TPSA) is 59.1 Å². The molecule has 1 aromatic heterocycles. The molecule has 0 bridgehead atoms. The lowest BCUT2D eigenvalue weighted by Crippen LogP contribution is -2.13. The number of halogens is 3. The van der Waals surface area contributed by atoms with Crippen molar-refractivity contribution in [1.29, 1.82) is 0 Å². The van der Waals surface area contributed by atoms with Crippen LogP contribution in [0.3, 0.4) is 0 Å². The Labute approximate surface area is 119 Å². The fourth-order valence-electron chi connectivity index (χ4n) is 1.28. The summed E-state index contributed by atoms with van der Waals surface area (Å²) >= 11 is 11.5. The monoisotopic (exact) mass is 320 g/mol. The molecule has 4 nitrogen and oxygen atoms in total. The predicted octanol–water partition coefficient (Wildman–Crippen LogP) is 3.33. The number of hydrogen-bond acceptors (Lipinski definition) is 3. The summed E-state index contributed by atoms with van der Waals surface area (Å²) in [6, 6.07) is 6.20. The standard InChI is InChI=1S/C11H7Cl2FN2O2S/c12-9-3-2-8(5-10(9)13)19(17,18)16-11-4-1-7(14)6-15-11/h1-6H,(H,15,16). The highest BCUT2D eigenvalue weighted by Gasteiger charge is 2.16. The van der Waals surface area contributed by atoms with E-state index in [1.807, 2.05) is 0 Å². The number of hydrogen-bond donors (Lipinski definition) is 1. The maximum Gasteiger partial charge on any atom is 0.263 e. The molecule has 0 amide bonds. The molecule has 0 atom stereocenters. The van der Waals surface area contributed by atoms with Crippen LogP contribution in [0.1, 0.15) is 0 Å². The smallest absolute Gasteiger partial charge is 0.263 e. The van der Waals surface area contributed by atoms with Crippen LogP contribution in [-0.2, 0) is 10.0 Å². The van der Waals surface area contributed by atoms with E-state index in [9.17, 15) is 12.8 Å². The highest BCUT2D eigenvalue weighted by Crippen LogP contribution is 2.25. The molecule has 0 fully saturated rings. The van der Waals surface area contributed by atoms with Gasteiger partial charge in [0.05, 0.1) is 21.1 Å². The second-order valence-corrected chi connectivity index (χ2v) is 6.04. The highest BCUT2D eigenvalue weighted by atomic mass is 35.5. The Hall–Kier alpha value is -1.37. The highest BCUT2D eigenvalue weighted by molar-refractivity contribution is 7.92. The van der Waals surface area contributed by atoms with Gasteiger partial charge >= 0.3 is 0 Å². The lowest BCUT2D eigenvalue weighted by molar-refractivity contribution is 0.600. The van der Waals surface area contributed by atoms with E-state index in [2.05, 4.69) is 9.71 Å². The molecule has 1 aromatic carbocycles. The first-order chi connectivity index (χ1) is 8.88. The van der Waals surface area contributed by atoms with Gasteiger partial charge in [-0.1, -0.05) is 23.2 Å². The SMILES string of the molecule is O=S(=O)(Nc1ccc(F)cn1)c1ccc(Cl)c(Cl)c1. The van der Waals surface area contributed by atoms with Crippen molar-refractivity contribution in [2.45, 2.75) is 4.90 Å². The normalized spacial score (nSPS) is 11.3. The number of anilines is 1. The Kier molecular flexibility index (Phi) is 3.93. The number of nitrogens with zero attached hydrogens (tertiary/aromatic N) is 1.